The van der Waals surface area contributed by atoms with Gasteiger partial charge >= 0.3 is 0 Å². The first kappa shape index (κ1) is 7.89. The van der Waals surface area contributed by atoms with E-state index in [1.54, 1.807) is 24.2 Å². The number of hydrogen-bond acceptors (Lipinski definition) is 4. The second kappa shape index (κ2) is 3.84. The molecule has 56 valence electrons. The average molecular weight is 165 g/mol. The lowest BCUT2D eigenvalue weighted by molar-refractivity contribution is 1.11. The monoisotopic (exact) mass is 165 g/mol. The quantitative estimate of drug-likeness (QED) is 0.406. The van der Waals surface area contributed by atoms with E-state index in [2.05, 4.69) is 21.3 Å². The summed E-state index contributed by atoms with van der Waals surface area (Å²) in [6.07, 6.45) is 10.4. The van der Waals surface area contributed by atoms with Crippen molar-refractivity contribution in [2.45, 2.75) is 4.90 Å². The highest BCUT2D eigenvalue weighted by Gasteiger charge is 1.92. The van der Waals surface area contributed by atoms with Crippen molar-refractivity contribution >= 4 is 17.7 Å². The molecule has 0 bridgehead atoms. The molecule has 11 heavy (non-hydrogen) atoms. The van der Waals surface area contributed by atoms with Crippen LogP contribution < -0.4 is 5.32 Å². The molecule has 0 aromatic carbocycles. The Kier molecular flexibility index (Phi) is 2.75. The first-order valence-electron chi connectivity index (χ1n) is 2.94. The predicted molar refractivity (Wildman–Crippen MR) is 46.3 cm³/mol. The van der Waals surface area contributed by atoms with Crippen LogP contribution in [0.1, 0.15) is 0 Å². The molecule has 0 aliphatic rings. The maximum atomic E-state index is 4.98. The van der Waals surface area contributed by atoms with E-state index in [0.29, 0.717) is 5.95 Å². The van der Waals surface area contributed by atoms with Gasteiger partial charge in [-0.05, 0) is 6.26 Å². The molecule has 0 amide bonds. The van der Waals surface area contributed by atoms with Gasteiger partial charge in [-0.25, -0.2) is 9.97 Å². The fraction of sp³-hybridized carbons (Fsp3) is 0.143. The maximum absolute atomic E-state index is 4.98. The third-order valence-electron chi connectivity index (χ3n) is 1.05. The SMILES string of the molecule is C#CNc1ncc(SC)cn1. The Morgan fingerprint density at radius 3 is 2.64 bits per heavy atom. The first-order valence-corrected chi connectivity index (χ1v) is 4.17. The highest BCUT2D eigenvalue weighted by molar-refractivity contribution is 7.98. The van der Waals surface area contributed by atoms with E-state index in [4.69, 9.17) is 6.42 Å². The number of nitrogens with one attached hydrogen (secondary N) is 1. The van der Waals surface area contributed by atoms with Gasteiger partial charge in [0, 0.05) is 23.3 Å². The van der Waals surface area contributed by atoms with Crippen molar-refractivity contribution in [3.63, 3.8) is 0 Å². The van der Waals surface area contributed by atoms with E-state index in [9.17, 15) is 0 Å². The van der Waals surface area contributed by atoms with Crippen molar-refractivity contribution in [1.82, 2.24) is 9.97 Å². The molecule has 0 aliphatic heterocycles. The Bertz CT molecular complexity index is 262. The van der Waals surface area contributed by atoms with Gasteiger partial charge in [-0.15, -0.1) is 11.8 Å². The summed E-state index contributed by atoms with van der Waals surface area (Å²) in [6, 6.07) is 2.24. The van der Waals surface area contributed by atoms with Gasteiger partial charge in [-0.3, -0.25) is 5.32 Å². The largest absolute Gasteiger partial charge is 0.283 e. The van der Waals surface area contributed by atoms with E-state index in [1.165, 1.54) is 0 Å². The third-order valence-corrected chi connectivity index (χ3v) is 1.73. The molecule has 1 rings (SSSR count). The third kappa shape index (κ3) is 2.13. The molecule has 4 heteroatoms. The summed E-state index contributed by atoms with van der Waals surface area (Å²) in [5.41, 5.74) is 0. The van der Waals surface area contributed by atoms with Crippen molar-refractivity contribution in [1.29, 1.82) is 0 Å². The molecule has 0 saturated carbocycles. The number of terminal acetylenes is 1. The fourth-order valence-electron chi connectivity index (χ4n) is 0.551. The number of rotatable bonds is 2. The van der Waals surface area contributed by atoms with Crippen LogP contribution >= 0.6 is 11.8 Å². The summed E-state index contributed by atoms with van der Waals surface area (Å²) in [5, 5.41) is 2.56. The van der Waals surface area contributed by atoms with Crippen LogP contribution in [0.15, 0.2) is 17.3 Å². The lowest BCUT2D eigenvalue weighted by Crippen LogP contribution is -1.94. The zero-order valence-electron chi connectivity index (χ0n) is 6.03. The van der Waals surface area contributed by atoms with Gasteiger partial charge in [0.25, 0.3) is 0 Å². The molecule has 0 atom stereocenters. The van der Waals surface area contributed by atoms with Gasteiger partial charge < -0.3 is 0 Å². The molecular formula is C7H7N3S. The number of aromatic nitrogens is 2. The second-order valence-electron chi connectivity index (χ2n) is 1.72. The Labute approximate surface area is 69.6 Å². The lowest BCUT2D eigenvalue weighted by atomic mass is 10.7. The molecule has 0 spiro atoms. The summed E-state index contributed by atoms with van der Waals surface area (Å²) in [7, 11) is 0. The molecule has 1 aromatic rings. The van der Waals surface area contributed by atoms with Crippen LogP contribution in [0, 0.1) is 12.5 Å². The molecule has 1 N–H and O–H groups in total. The molecule has 0 saturated heterocycles. The van der Waals surface area contributed by atoms with E-state index in [1.807, 2.05) is 6.26 Å². The Hall–Kier alpha value is -1.21. The van der Waals surface area contributed by atoms with Gasteiger partial charge in [0.2, 0.25) is 5.95 Å². The average Bonchev–Trinajstić information content (AvgIpc) is 2.07. The minimum absolute atomic E-state index is 0.463. The standard InChI is InChI=1S/C7H7N3S/c1-3-8-7-9-4-6(11-2)5-10-7/h1,4-5H,2H3,(H,8,9,10). The van der Waals surface area contributed by atoms with Gasteiger partial charge in [-0.1, -0.05) is 6.42 Å². The summed E-state index contributed by atoms with van der Waals surface area (Å²) in [6.45, 7) is 0. The van der Waals surface area contributed by atoms with E-state index < -0.39 is 0 Å². The second-order valence-corrected chi connectivity index (χ2v) is 2.60. The van der Waals surface area contributed by atoms with Crippen LogP contribution in [0.5, 0.6) is 0 Å². The van der Waals surface area contributed by atoms with Crippen LogP contribution in [0.4, 0.5) is 5.95 Å². The molecule has 0 unspecified atom stereocenters. The minimum Gasteiger partial charge on any atom is -0.283 e. The molecule has 0 radical (unpaired) electrons. The smallest absolute Gasteiger partial charge is 0.234 e. The van der Waals surface area contributed by atoms with E-state index >= 15 is 0 Å². The van der Waals surface area contributed by atoms with E-state index in [-0.39, 0.29) is 0 Å². The highest BCUT2D eigenvalue weighted by atomic mass is 32.2. The maximum Gasteiger partial charge on any atom is 0.234 e. The van der Waals surface area contributed by atoms with E-state index in [0.717, 1.165) is 4.90 Å². The molecule has 1 heterocycles. The van der Waals surface area contributed by atoms with Crippen molar-refractivity contribution in [2.75, 3.05) is 11.6 Å². The summed E-state index contributed by atoms with van der Waals surface area (Å²) >= 11 is 1.59. The summed E-state index contributed by atoms with van der Waals surface area (Å²) in [4.78, 5) is 8.93. The first-order chi connectivity index (χ1) is 5.36. The predicted octanol–water partition coefficient (Wildman–Crippen LogP) is 1.20. The van der Waals surface area contributed by atoms with Gasteiger partial charge in [-0.2, -0.15) is 0 Å². The van der Waals surface area contributed by atoms with Crippen LogP contribution in [0.2, 0.25) is 0 Å². The number of nitrogens with zero attached hydrogens (tertiary/aromatic N) is 2. The molecular weight excluding hydrogens is 158 g/mol. The van der Waals surface area contributed by atoms with Crippen LogP contribution in [0.25, 0.3) is 0 Å². The van der Waals surface area contributed by atoms with Gasteiger partial charge in [0.15, 0.2) is 0 Å². The topological polar surface area (TPSA) is 37.8 Å². The zero-order chi connectivity index (χ0) is 8.10. The van der Waals surface area contributed by atoms with Crippen LogP contribution in [0.3, 0.4) is 0 Å². The Morgan fingerprint density at radius 2 is 2.18 bits per heavy atom. The highest BCUT2D eigenvalue weighted by Crippen LogP contribution is 2.11. The number of anilines is 1. The Morgan fingerprint density at radius 1 is 1.55 bits per heavy atom. The summed E-state index contributed by atoms with van der Waals surface area (Å²) in [5.74, 6) is 0.463. The van der Waals surface area contributed by atoms with Gasteiger partial charge in [0.05, 0.1) is 0 Å². The minimum atomic E-state index is 0.463. The van der Waals surface area contributed by atoms with Crippen molar-refractivity contribution in [2.24, 2.45) is 0 Å². The normalized spacial score (nSPS) is 8.73. The molecule has 1 aromatic heterocycles. The summed E-state index contributed by atoms with van der Waals surface area (Å²) < 4.78 is 0. The molecule has 0 aliphatic carbocycles. The molecule has 0 fully saturated rings. The molecule has 3 nitrogen and oxygen atoms in total. The Balaban J connectivity index is 2.76. The van der Waals surface area contributed by atoms with Crippen LogP contribution in [-0.4, -0.2) is 16.2 Å². The van der Waals surface area contributed by atoms with Gasteiger partial charge in [0.1, 0.15) is 0 Å². The zero-order valence-corrected chi connectivity index (χ0v) is 6.85. The van der Waals surface area contributed by atoms with Crippen molar-refractivity contribution in [3.8, 4) is 12.5 Å². The van der Waals surface area contributed by atoms with Crippen molar-refractivity contribution < 1.29 is 0 Å². The fourth-order valence-corrected chi connectivity index (χ4v) is 0.867. The number of thioether (sulfide) groups is 1. The lowest BCUT2D eigenvalue weighted by Gasteiger charge is -1.96. The van der Waals surface area contributed by atoms with Crippen LogP contribution in [-0.2, 0) is 0 Å². The number of hydrogen-bond donors (Lipinski definition) is 1. The van der Waals surface area contributed by atoms with Crippen molar-refractivity contribution in [3.05, 3.63) is 12.4 Å².